The van der Waals surface area contributed by atoms with E-state index in [1.54, 1.807) is 26.2 Å². The molecule has 0 fully saturated rings. The molecule has 142 valence electrons. The van der Waals surface area contributed by atoms with Crippen LogP contribution in [0.5, 0.6) is 5.75 Å². The van der Waals surface area contributed by atoms with Gasteiger partial charge < -0.3 is 14.5 Å². The molecule has 0 aliphatic heterocycles. The molecule has 0 aliphatic rings. The van der Waals surface area contributed by atoms with Gasteiger partial charge in [-0.05, 0) is 37.3 Å². The number of ether oxygens (including phenoxy) is 1. The number of oxazole rings is 1. The van der Waals surface area contributed by atoms with Crippen LogP contribution in [-0.2, 0) is 6.54 Å². The van der Waals surface area contributed by atoms with E-state index in [1.165, 1.54) is 16.6 Å². The number of para-hydroxylation sites is 1. The summed E-state index contributed by atoms with van der Waals surface area (Å²) in [6.07, 6.45) is 0. The standard InChI is InChI=1S/C20H17FN4O3/c1-12-17(19(26)22-11-14-5-3-4-6-16(14)27-2)28-20-23-18(24-25(12)20)13-7-9-15(21)10-8-13/h3-10H,11H2,1-2H3,(H,22,26). The van der Waals surface area contributed by atoms with Gasteiger partial charge in [-0.25, -0.2) is 4.39 Å². The number of nitrogens with zero attached hydrogens (tertiary/aromatic N) is 3. The quantitative estimate of drug-likeness (QED) is 0.574. The first-order valence-electron chi connectivity index (χ1n) is 8.59. The number of halogens is 1. The van der Waals surface area contributed by atoms with Gasteiger partial charge in [-0.2, -0.15) is 9.50 Å². The molecule has 4 aromatic rings. The summed E-state index contributed by atoms with van der Waals surface area (Å²) >= 11 is 0. The smallest absolute Gasteiger partial charge is 0.325 e. The van der Waals surface area contributed by atoms with Crippen LogP contribution in [0.25, 0.3) is 17.2 Å². The molecule has 4 rings (SSSR count). The molecule has 8 heteroatoms. The van der Waals surface area contributed by atoms with Crippen LogP contribution < -0.4 is 10.1 Å². The topological polar surface area (TPSA) is 81.7 Å². The molecule has 0 atom stereocenters. The fourth-order valence-electron chi connectivity index (χ4n) is 2.88. The van der Waals surface area contributed by atoms with Crippen molar-refractivity contribution in [2.75, 3.05) is 7.11 Å². The zero-order valence-corrected chi connectivity index (χ0v) is 15.3. The second kappa shape index (κ2) is 7.15. The lowest BCUT2D eigenvalue weighted by Crippen LogP contribution is -2.23. The molecule has 0 saturated carbocycles. The van der Waals surface area contributed by atoms with Crippen LogP contribution in [0, 0.1) is 12.7 Å². The monoisotopic (exact) mass is 380 g/mol. The molecule has 7 nitrogen and oxygen atoms in total. The maximum absolute atomic E-state index is 13.1. The molecule has 2 heterocycles. The molecular formula is C20H17FN4O3. The minimum Gasteiger partial charge on any atom is -0.496 e. The van der Waals surface area contributed by atoms with Crippen molar-refractivity contribution in [1.82, 2.24) is 19.9 Å². The first-order valence-corrected chi connectivity index (χ1v) is 8.59. The number of hydrogen-bond donors (Lipinski definition) is 1. The number of hydrogen-bond acceptors (Lipinski definition) is 5. The number of aryl methyl sites for hydroxylation is 1. The third-order valence-electron chi connectivity index (χ3n) is 4.36. The summed E-state index contributed by atoms with van der Waals surface area (Å²) in [5.41, 5.74) is 2.03. The zero-order valence-electron chi connectivity index (χ0n) is 15.3. The number of methoxy groups -OCH3 is 1. The van der Waals surface area contributed by atoms with E-state index in [-0.39, 0.29) is 23.3 Å². The Kier molecular flexibility index (Phi) is 4.52. The average molecular weight is 380 g/mol. The minimum atomic E-state index is -0.376. The van der Waals surface area contributed by atoms with Gasteiger partial charge in [0.2, 0.25) is 5.76 Å². The lowest BCUT2D eigenvalue weighted by Gasteiger charge is -2.08. The fourth-order valence-corrected chi connectivity index (χ4v) is 2.88. The number of nitrogens with one attached hydrogen (secondary N) is 1. The summed E-state index contributed by atoms with van der Waals surface area (Å²) in [6.45, 7) is 2.01. The molecule has 0 radical (unpaired) electrons. The summed E-state index contributed by atoms with van der Waals surface area (Å²) < 4.78 is 25.4. The van der Waals surface area contributed by atoms with Crippen molar-refractivity contribution in [3.63, 3.8) is 0 Å². The molecule has 0 aliphatic carbocycles. The lowest BCUT2D eigenvalue weighted by molar-refractivity contribution is 0.0924. The van der Waals surface area contributed by atoms with Crippen LogP contribution in [0.3, 0.4) is 0 Å². The van der Waals surface area contributed by atoms with Crippen molar-refractivity contribution in [2.45, 2.75) is 13.5 Å². The van der Waals surface area contributed by atoms with E-state index in [0.29, 0.717) is 29.4 Å². The van der Waals surface area contributed by atoms with E-state index in [2.05, 4.69) is 15.4 Å². The Bertz CT molecular complexity index is 1150. The van der Waals surface area contributed by atoms with Gasteiger partial charge in [-0.15, -0.1) is 5.10 Å². The zero-order chi connectivity index (χ0) is 19.7. The molecule has 0 unspecified atom stereocenters. The summed E-state index contributed by atoms with van der Waals surface area (Å²) in [5.74, 6) is 0.702. The molecule has 2 aromatic carbocycles. The Morgan fingerprint density at radius 2 is 1.96 bits per heavy atom. The van der Waals surface area contributed by atoms with Gasteiger partial charge >= 0.3 is 5.84 Å². The summed E-state index contributed by atoms with van der Waals surface area (Å²) in [5, 5.41) is 7.16. The summed E-state index contributed by atoms with van der Waals surface area (Å²) in [6, 6.07) is 13.3. The van der Waals surface area contributed by atoms with Crippen molar-refractivity contribution in [1.29, 1.82) is 0 Å². The Balaban J connectivity index is 1.55. The number of rotatable bonds is 5. The highest BCUT2D eigenvalue weighted by molar-refractivity contribution is 5.92. The highest BCUT2D eigenvalue weighted by Crippen LogP contribution is 2.21. The van der Waals surface area contributed by atoms with Crippen molar-refractivity contribution in [3.8, 4) is 17.1 Å². The second-order valence-corrected chi connectivity index (χ2v) is 6.15. The van der Waals surface area contributed by atoms with Gasteiger partial charge in [-0.1, -0.05) is 18.2 Å². The lowest BCUT2D eigenvalue weighted by atomic mass is 10.2. The third-order valence-corrected chi connectivity index (χ3v) is 4.36. The SMILES string of the molecule is COc1ccccc1CNC(=O)c1oc2nc(-c3ccc(F)cc3)nn2c1C. The Hall–Kier alpha value is -3.68. The van der Waals surface area contributed by atoms with Crippen LogP contribution in [-0.4, -0.2) is 27.6 Å². The van der Waals surface area contributed by atoms with Crippen molar-refractivity contribution < 1.29 is 18.3 Å². The molecule has 0 saturated heterocycles. The largest absolute Gasteiger partial charge is 0.496 e. The van der Waals surface area contributed by atoms with E-state index < -0.39 is 0 Å². The number of carbonyl (C=O) groups is 1. The van der Waals surface area contributed by atoms with Crippen molar-refractivity contribution in [2.24, 2.45) is 0 Å². The Morgan fingerprint density at radius 1 is 1.21 bits per heavy atom. The van der Waals surface area contributed by atoms with Gasteiger partial charge in [0.1, 0.15) is 11.6 Å². The number of aromatic nitrogens is 3. The third kappa shape index (κ3) is 3.20. The van der Waals surface area contributed by atoms with Gasteiger partial charge in [0.05, 0.1) is 12.8 Å². The van der Waals surface area contributed by atoms with Crippen molar-refractivity contribution >= 4 is 11.8 Å². The van der Waals surface area contributed by atoms with Gasteiger partial charge in [-0.3, -0.25) is 4.79 Å². The Morgan fingerprint density at radius 3 is 2.68 bits per heavy atom. The van der Waals surface area contributed by atoms with E-state index in [0.717, 1.165) is 5.56 Å². The average Bonchev–Trinajstić information content (AvgIpc) is 3.26. The molecule has 0 bridgehead atoms. The second-order valence-electron chi connectivity index (χ2n) is 6.15. The van der Waals surface area contributed by atoms with Crippen LogP contribution in [0.2, 0.25) is 0 Å². The minimum absolute atomic E-state index is 0.135. The van der Waals surface area contributed by atoms with Gasteiger partial charge in [0.25, 0.3) is 5.91 Å². The van der Waals surface area contributed by atoms with Crippen LogP contribution in [0.1, 0.15) is 21.8 Å². The van der Waals surface area contributed by atoms with Crippen molar-refractivity contribution in [3.05, 3.63) is 71.4 Å². The number of benzene rings is 2. The molecule has 0 spiro atoms. The van der Waals surface area contributed by atoms with Crippen LogP contribution in [0.15, 0.2) is 52.9 Å². The molecule has 28 heavy (non-hydrogen) atoms. The predicted octanol–water partition coefficient (Wildman–Crippen LogP) is 3.38. The number of fused-ring (bicyclic) bond motifs is 1. The molecule has 2 aromatic heterocycles. The highest BCUT2D eigenvalue weighted by atomic mass is 19.1. The Labute approximate surface area is 159 Å². The van der Waals surface area contributed by atoms with Gasteiger partial charge in [0.15, 0.2) is 5.82 Å². The molecule has 1 amide bonds. The molecular weight excluding hydrogens is 363 g/mol. The highest BCUT2D eigenvalue weighted by Gasteiger charge is 2.21. The number of amides is 1. The normalized spacial score (nSPS) is 11.0. The summed E-state index contributed by atoms with van der Waals surface area (Å²) in [4.78, 5) is 16.8. The number of carbonyl (C=O) groups excluding carboxylic acids is 1. The van der Waals surface area contributed by atoms with E-state index >= 15 is 0 Å². The van der Waals surface area contributed by atoms with E-state index in [4.69, 9.17) is 9.15 Å². The fraction of sp³-hybridized carbons (Fsp3) is 0.150. The summed E-state index contributed by atoms with van der Waals surface area (Å²) in [7, 11) is 1.58. The first kappa shape index (κ1) is 17.7. The first-order chi connectivity index (χ1) is 13.6. The van der Waals surface area contributed by atoms with E-state index in [9.17, 15) is 9.18 Å². The predicted molar refractivity (Wildman–Crippen MR) is 99.5 cm³/mol. The van der Waals surface area contributed by atoms with Crippen LogP contribution >= 0.6 is 0 Å². The van der Waals surface area contributed by atoms with E-state index in [1.807, 2.05) is 24.3 Å². The molecule has 1 N–H and O–H groups in total. The van der Waals surface area contributed by atoms with Crippen LogP contribution in [0.4, 0.5) is 4.39 Å². The maximum atomic E-state index is 13.1. The maximum Gasteiger partial charge on any atom is 0.325 e. The van der Waals surface area contributed by atoms with Gasteiger partial charge in [0, 0.05) is 17.7 Å².